The van der Waals surface area contributed by atoms with Crippen molar-refractivity contribution >= 4 is 22.5 Å². The van der Waals surface area contributed by atoms with Crippen LogP contribution >= 0.6 is 11.6 Å². The number of phenolic OH excluding ortho intramolecular Hbond substituents is 1. The van der Waals surface area contributed by atoms with Gasteiger partial charge < -0.3 is 15.4 Å². The summed E-state index contributed by atoms with van der Waals surface area (Å²) in [5, 5.41) is 10.9. The van der Waals surface area contributed by atoms with E-state index in [4.69, 9.17) is 17.3 Å². The quantitative estimate of drug-likeness (QED) is 0.796. The summed E-state index contributed by atoms with van der Waals surface area (Å²) in [7, 11) is 0. The molecule has 0 atom stereocenters. The largest absolute Gasteiger partial charge is 0.507 e. The second-order valence-electron chi connectivity index (χ2n) is 3.13. The van der Waals surface area contributed by atoms with E-state index >= 15 is 0 Å². The van der Waals surface area contributed by atoms with Gasteiger partial charge >= 0.3 is 0 Å². The molecule has 0 spiro atoms. The average Bonchev–Trinajstić information content (AvgIpc) is 2.46. The molecule has 0 amide bonds. The first-order valence-corrected chi connectivity index (χ1v) is 4.78. The van der Waals surface area contributed by atoms with E-state index in [0.29, 0.717) is 23.5 Å². The van der Waals surface area contributed by atoms with Crippen molar-refractivity contribution in [2.75, 3.05) is 6.54 Å². The predicted molar refractivity (Wildman–Crippen MR) is 57.7 cm³/mol. The van der Waals surface area contributed by atoms with E-state index in [1.165, 1.54) is 0 Å². The van der Waals surface area contributed by atoms with Gasteiger partial charge in [-0.05, 0) is 12.1 Å². The van der Waals surface area contributed by atoms with Gasteiger partial charge in [0.05, 0.1) is 15.9 Å². The third-order valence-electron chi connectivity index (χ3n) is 2.21. The molecule has 0 aliphatic rings. The van der Waals surface area contributed by atoms with E-state index in [-0.39, 0.29) is 5.75 Å². The minimum atomic E-state index is 0.211. The maximum absolute atomic E-state index is 9.60. The average molecular weight is 211 g/mol. The molecule has 0 unspecified atom stereocenters. The molecule has 1 aromatic heterocycles. The van der Waals surface area contributed by atoms with Gasteiger partial charge in [0.25, 0.3) is 0 Å². The minimum absolute atomic E-state index is 0.211. The van der Waals surface area contributed by atoms with E-state index in [9.17, 15) is 5.11 Å². The molecule has 0 saturated heterocycles. The van der Waals surface area contributed by atoms with Crippen LogP contribution in [0.15, 0.2) is 24.4 Å². The molecule has 4 heteroatoms. The third kappa shape index (κ3) is 1.35. The van der Waals surface area contributed by atoms with E-state index in [2.05, 4.69) is 0 Å². The standard InChI is InChI=1S/C10H11ClN2O/c11-7-6-13(5-4-12)8-2-1-3-9(14)10(7)8/h1-3,6,14H,4-5,12H2. The molecular weight excluding hydrogens is 200 g/mol. The molecular formula is C10H11ClN2O. The lowest BCUT2D eigenvalue weighted by Gasteiger charge is -2.02. The molecule has 0 aliphatic heterocycles. The highest BCUT2D eigenvalue weighted by Crippen LogP contribution is 2.32. The van der Waals surface area contributed by atoms with Gasteiger partial charge in [-0.25, -0.2) is 0 Å². The topological polar surface area (TPSA) is 51.2 Å². The highest BCUT2D eigenvalue weighted by atomic mass is 35.5. The monoisotopic (exact) mass is 210 g/mol. The van der Waals surface area contributed by atoms with Gasteiger partial charge in [0.1, 0.15) is 5.75 Å². The van der Waals surface area contributed by atoms with Gasteiger partial charge in [0.15, 0.2) is 0 Å². The van der Waals surface area contributed by atoms with Crippen molar-refractivity contribution in [3.8, 4) is 5.75 Å². The number of benzene rings is 1. The molecule has 3 nitrogen and oxygen atoms in total. The Kier molecular flexibility index (Phi) is 2.35. The van der Waals surface area contributed by atoms with E-state index < -0.39 is 0 Å². The van der Waals surface area contributed by atoms with Crippen LogP contribution in [0.25, 0.3) is 10.9 Å². The number of nitrogens with zero attached hydrogens (tertiary/aromatic N) is 1. The number of hydrogen-bond acceptors (Lipinski definition) is 2. The second kappa shape index (κ2) is 3.52. The van der Waals surface area contributed by atoms with Gasteiger partial charge in [0.2, 0.25) is 0 Å². The Bertz CT molecular complexity index is 464. The van der Waals surface area contributed by atoms with Crippen molar-refractivity contribution in [1.29, 1.82) is 0 Å². The minimum Gasteiger partial charge on any atom is -0.507 e. The van der Waals surface area contributed by atoms with E-state index in [0.717, 1.165) is 5.52 Å². The maximum atomic E-state index is 9.60. The molecule has 0 saturated carbocycles. The van der Waals surface area contributed by atoms with Gasteiger partial charge in [-0.2, -0.15) is 0 Å². The Balaban J connectivity index is 2.71. The molecule has 0 fully saturated rings. The van der Waals surface area contributed by atoms with Crippen LogP contribution in [0, 0.1) is 0 Å². The zero-order chi connectivity index (χ0) is 10.1. The normalized spacial score (nSPS) is 11.0. The molecule has 1 heterocycles. The highest BCUT2D eigenvalue weighted by Gasteiger charge is 2.09. The molecule has 0 radical (unpaired) electrons. The Morgan fingerprint density at radius 2 is 2.21 bits per heavy atom. The van der Waals surface area contributed by atoms with Gasteiger partial charge in [0, 0.05) is 19.3 Å². The summed E-state index contributed by atoms with van der Waals surface area (Å²) in [6.45, 7) is 1.25. The molecule has 14 heavy (non-hydrogen) atoms. The second-order valence-corrected chi connectivity index (χ2v) is 3.54. The van der Waals surface area contributed by atoms with Gasteiger partial charge in [-0.15, -0.1) is 0 Å². The van der Waals surface area contributed by atoms with Gasteiger partial charge in [-0.1, -0.05) is 17.7 Å². The van der Waals surface area contributed by atoms with E-state index in [1.54, 1.807) is 18.3 Å². The predicted octanol–water partition coefficient (Wildman–Crippen LogP) is 1.96. The van der Waals surface area contributed by atoms with Gasteiger partial charge in [-0.3, -0.25) is 0 Å². The Hall–Kier alpha value is -1.19. The SMILES string of the molecule is NCCn1cc(Cl)c2c(O)cccc21. The lowest BCUT2D eigenvalue weighted by atomic mass is 10.2. The zero-order valence-corrected chi connectivity index (χ0v) is 8.33. The summed E-state index contributed by atoms with van der Waals surface area (Å²) in [4.78, 5) is 0. The molecule has 3 N–H and O–H groups in total. The number of fused-ring (bicyclic) bond motifs is 1. The van der Waals surface area contributed by atoms with Crippen LogP contribution in [0.2, 0.25) is 5.02 Å². The fraction of sp³-hybridized carbons (Fsp3) is 0.200. The fourth-order valence-electron chi connectivity index (χ4n) is 1.61. The molecule has 2 aromatic rings. The molecule has 0 bridgehead atoms. The van der Waals surface area contributed by atoms with Crippen LogP contribution in [0.5, 0.6) is 5.75 Å². The summed E-state index contributed by atoms with van der Waals surface area (Å²) in [5.41, 5.74) is 6.39. The number of halogens is 1. The van der Waals surface area contributed by atoms with Crippen molar-refractivity contribution in [3.05, 3.63) is 29.4 Å². The molecule has 1 aromatic carbocycles. The number of hydrogen-bond donors (Lipinski definition) is 2. The van der Waals surface area contributed by atoms with Crippen molar-refractivity contribution in [2.45, 2.75) is 6.54 Å². The lowest BCUT2D eigenvalue weighted by Crippen LogP contribution is -2.08. The Labute approximate surface area is 86.7 Å². The Morgan fingerprint density at radius 3 is 2.93 bits per heavy atom. The van der Waals surface area contributed by atoms with Crippen molar-refractivity contribution < 1.29 is 5.11 Å². The smallest absolute Gasteiger partial charge is 0.126 e. The zero-order valence-electron chi connectivity index (χ0n) is 7.57. The fourth-order valence-corrected chi connectivity index (χ4v) is 1.92. The van der Waals surface area contributed by atoms with Crippen LogP contribution in [0.3, 0.4) is 0 Å². The first-order chi connectivity index (χ1) is 6.74. The number of phenols is 1. The van der Waals surface area contributed by atoms with Crippen LogP contribution < -0.4 is 5.73 Å². The number of aromatic nitrogens is 1. The molecule has 0 aliphatic carbocycles. The summed E-state index contributed by atoms with van der Waals surface area (Å²) in [6, 6.07) is 5.33. The van der Waals surface area contributed by atoms with E-state index in [1.807, 2.05) is 10.6 Å². The summed E-state index contributed by atoms with van der Waals surface area (Å²) in [5.74, 6) is 0.211. The summed E-state index contributed by atoms with van der Waals surface area (Å²) >= 11 is 6.00. The first-order valence-electron chi connectivity index (χ1n) is 4.40. The molecule has 74 valence electrons. The number of nitrogens with two attached hydrogens (primary N) is 1. The summed E-state index contributed by atoms with van der Waals surface area (Å²) < 4.78 is 1.94. The van der Waals surface area contributed by atoms with Crippen LogP contribution in [0.4, 0.5) is 0 Å². The Morgan fingerprint density at radius 1 is 1.43 bits per heavy atom. The van der Waals surface area contributed by atoms with Crippen LogP contribution in [-0.4, -0.2) is 16.2 Å². The van der Waals surface area contributed by atoms with Crippen molar-refractivity contribution in [2.24, 2.45) is 5.73 Å². The third-order valence-corrected chi connectivity index (χ3v) is 2.49. The van der Waals surface area contributed by atoms with Crippen LogP contribution in [-0.2, 0) is 6.54 Å². The summed E-state index contributed by atoms with van der Waals surface area (Å²) in [6.07, 6.45) is 1.79. The number of aromatic hydroxyl groups is 1. The van der Waals surface area contributed by atoms with Crippen molar-refractivity contribution in [1.82, 2.24) is 4.57 Å². The highest BCUT2D eigenvalue weighted by molar-refractivity contribution is 6.36. The van der Waals surface area contributed by atoms with Crippen LogP contribution in [0.1, 0.15) is 0 Å². The first kappa shape index (κ1) is 9.37. The lowest BCUT2D eigenvalue weighted by molar-refractivity contribution is 0.481. The maximum Gasteiger partial charge on any atom is 0.126 e. The van der Waals surface area contributed by atoms with Crippen molar-refractivity contribution in [3.63, 3.8) is 0 Å². The number of rotatable bonds is 2. The molecule has 2 rings (SSSR count).